The van der Waals surface area contributed by atoms with Crippen molar-refractivity contribution in [3.63, 3.8) is 0 Å². The molecule has 1 aromatic rings. The zero-order valence-corrected chi connectivity index (χ0v) is 8.57. The summed E-state index contributed by atoms with van der Waals surface area (Å²) in [5, 5.41) is 3.12. The van der Waals surface area contributed by atoms with Crippen molar-refractivity contribution >= 4 is 17.7 Å². The fourth-order valence-electron chi connectivity index (χ4n) is 1.56. The van der Waals surface area contributed by atoms with Crippen molar-refractivity contribution in [3.8, 4) is 0 Å². The van der Waals surface area contributed by atoms with Gasteiger partial charge in [-0.3, -0.25) is 0 Å². The Hall–Kier alpha value is -1.77. The molecule has 3 nitrogen and oxygen atoms in total. The molecule has 1 unspecified atom stereocenters. The van der Waals surface area contributed by atoms with E-state index in [1.807, 2.05) is 36.4 Å². The van der Waals surface area contributed by atoms with Gasteiger partial charge in [0.2, 0.25) is 0 Å². The lowest BCUT2D eigenvalue weighted by atomic mass is 10.1. The van der Waals surface area contributed by atoms with Crippen LogP contribution in [0.15, 0.2) is 30.3 Å². The number of rotatable bonds is 2. The van der Waals surface area contributed by atoms with Crippen LogP contribution in [0.4, 0.5) is 5.69 Å². The van der Waals surface area contributed by atoms with E-state index in [1.165, 1.54) is 0 Å². The van der Waals surface area contributed by atoms with Crippen molar-refractivity contribution in [3.05, 3.63) is 35.9 Å². The third-order valence-electron chi connectivity index (χ3n) is 2.28. The minimum Gasteiger partial charge on any atom is -0.464 e. The highest BCUT2D eigenvalue weighted by atomic mass is 16.5. The first-order chi connectivity index (χ1) is 7.31. The highest BCUT2D eigenvalue weighted by molar-refractivity contribution is 5.87. The third kappa shape index (κ3) is 2.01. The number of carbonyl (C=O) groups is 1. The highest BCUT2D eigenvalue weighted by Gasteiger charge is 2.19. The number of fused-ring (bicyclic) bond motifs is 1. The monoisotopic (exact) mass is 203 g/mol. The van der Waals surface area contributed by atoms with E-state index in [1.54, 1.807) is 6.92 Å². The van der Waals surface area contributed by atoms with E-state index in [0.717, 1.165) is 11.3 Å². The van der Waals surface area contributed by atoms with Crippen LogP contribution in [-0.4, -0.2) is 18.6 Å². The van der Waals surface area contributed by atoms with E-state index in [2.05, 4.69) is 5.32 Å². The number of ether oxygens (including phenoxy) is 1. The molecule has 1 heterocycles. The lowest BCUT2D eigenvalue weighted by Gasteiger charge is -2.20. The molecule has 1 aromatic carbocycles. The molecule has 0 amide bonds. The van der Waals surface area contributed by atoms with Gasteiger partial charge in [0.25, 0.3) is 0 Å². The van der Waals surface area contributed by atoms with Gasteiger partial charge in [-0.1, -0.05) is 30.4 Å². The Morgan fingerprint density at radius 2 is 2.27 bits per heavy atom. The summed E-state index contributed by atoms with van der Waals surface area (Å²) in [6.07, 6.45) is 3.76. The van der Waals surface area contributed by atoms with Crippen molar-refractivity contribution in [2.45, 2.75) is 13.0 Å². The fourth-order valence-corrected chi connectivity index (χ4v) is 1.56. The van der Waals surface area contributed by atoms with Crippen LogP contribution in [0.2, 0.25) is 0 Å². The summed E-state index contributed by atoms with van der Waals surface area (Å²) in [6.45, 7) is 2.21. The van der Waals surface area contributed by atoms with Crippen LogP contribution in [0.25, 0.3) is 6.08 Å². The molecule has 1 aliphatic heterocycles. The van der Waals surface area contributed by atoms with Gasteiger partial charge in [-0.15, -0.1) is 0 Å². The fraction of sp³-hybridized carbons (Fsp3) is 0.250. The maximum Gasteiger partial charge on any atom is 0.332 e. The second-order valence-electron chi connectivity index (χ2n) is 3.32. The zero-order valence-electron chi connectivity index (χ0n) is 8.57. The first-order valence-electron chi connectivity index (χ1n) is 5.01. The van der Waals surface area contributed by atoms with Gasteiger partial charge in [0.1, 0.15) is 6.04 Å². The molecule has 1 N–H and O–H groups in total. The molecule has 0 saturated carbocycles. The van der Waals surface area contributed by atoms with E-state index in [0.29, 0.717) is 6.61 Å². The molecule has 0 radical (unpaired) electrons. The quantitative estimate of drug-likeness (QED) is 0.748. The predicted octanol–water partition coefficient (Wildman–Crippen LogP) is 2.06. The van der Waals surface area contributed by atoms with Gasteiger partial charge in [-0.2, -0.15) is 0 Å². The molecule has 0 aromatic heterocycles. The van der Waals surface area contributed by atoms with Crippen LogP contribution in [0.5, 0.6) is 0 Å². The summed E-state index contributed by atoms with van der Waals surface area (Å²) in [5.41, 5.74) is 2.07. The normalized spacial score (nSPS) is 17.8. The second-order valence-corrected chi connectivity index (χ2v) is 3.32. The molecule has 0 bridgehead atoms. The number of benzene rings is 1. The highest BCUT2D eigenvalue weighted by Crippen LogP contribution is 2.22. The Labute approximate surface area is 88.8 Å². The van der Waals surface area contributed by atoms with Crippen molar-refractivity contribution < 1.29 is 9.53 Å². The van der Waals surface area contributed by atoms with Gasteiger partial charge in [-0.05, 0) is 18.6 Å². The predicted molar refractivity (Wildman–Crippen MR) is 59.5 cm³/mol. The Morgan fingerprint density at radius 3 is 3.07 bits per heavy atom. The Kier molecular flexibility index (Phi) is 2.72. The van der Waals surface area contributed by atoms with Gasteiger partial charge < -0.3 is 10.1 Å². The first kappa shape index (κ1) is 9.77. The molecular formula is C12H13NO2. The Morgan fingerprint density at radius 1 is 1.47 bits per heavy atom. The van der Waals surface area contributed by atoms with Crippen molar-refractivity contribution in [2.75, 3.05) is 11.9 Å². The minimum atomic E-state index is -0.361. The summed E-state index contributed by atoms with van der Waals surface area (Å²) < 4.78 is 4.94. The van der Waals surface area contributed by atoms with Crippen LogP contribution in [0.3, 0.4) is 0 Å². The van der Waals surface area contributed by atoms with Gasteiger partial charge in [-0.25, -0.2) is 4.79 Å². The molecule has 2 rings (SSSR count). The smallest absolute Gasteiger partial charge is 0.332 e. The van der Waals surface area contributed by atoms with Crippen molar-refractivity contribution in [1.82, 2.24) is 0 Å². The number of nitrogens with one attached hydrogen (secondary N) is 1. The van der Waals surface area contributed by atoms with E-state index >= 15 is 0 Å². The Bertz CT molecular complexity index is 398. The molecule has 15 heavy (non-hydrogen) atoms. The van der Waals surface area contributed by atoms with Crippen molar-refractivity contribution in [2.24, 2.45) is 0 Å². The van der Waals surface area contributed by atoms with Crippen LogP contribution in [0.1, 0.15) is 12.5 Å². The average molecular weight is 203 g/mol. The largest absolute Gasteiger partial charge is 0.464 e. The molecule has 3 heteroatoms. The number of para-hydroxylation sites is 1. The third-order valence-corrected chi connectivity index (χ3v) is 2.28. The molecule has 1 atom stereocenters. The molecule has 0 fully saturated rings. The van der Waals surface area contributed by atoms with Crippen LogP contribution in [-0.2, 0) is 9.53 Å². The summed E-state index contributed by atoms with van der Waals surface area (Å²) in [5.74, 6) is -0.233. The van der Waals surface area contributed by atoms with Crippen molar-refractivity contribution in [1.29, 1.82) is 0 Å². The Balaban J connectivity index is 2.15. The standard InChI is InChI=1S/C12H13NO2/c1-2-15-12(14)11-8-7-9-5-3-4-6-10(9)13-11/h3-8,11,13H,2H2,1H3. The zero-order chi connectivity index (χ0) is 10.7. The van der Waals surface area contributed by atoms with Gasteiger partial charge in [0.05, 0.1) is 6.61 Å². The molecule has 1 aliphatic rings. The van der Waals surface area contributed by atoms with Crippen LogP contribution < -0.4 is 5.32 Å². The van der Waals surface area contributed by atoms with E-state index in [-0.39, 0.29) is 12.0 Å². The van der Waals surface area contributed by atoms with Crippen LogP contribution >= 0.6 is 0 Å². The molecule has 0 aliphatic carbocycles. The maximum atomic E-state index is 11.5. The lowest BCUT2D eigenvalue weighted by molar-refractivity contribution is -0.142. The van der Waals surface area contributed by atoms with E-state index < -0.39 is 0 Å². The van der Waals surface area contributed by atoms with Gasteiger partial charge >= 0.3 is 5.97 Å². The lowest BCUT2D eigenvalue weighted by Crippen LogP contribution is -2.31. The molecular weight excluding hydrogens is 190 g/mol. The number of hydrogen-bond acceptors (Lipinski definition) is 3. The average Bonchev–Trinajstić information content (AvgIpc) is 2.29. The number of carbonyl (C=O) groups excluding carboxylic acids is 1. The van der Waals surface area contributed by atoms with E-state index in [4.69, 9.17) is 4.74 Å². The van der Waals surface area contributed by atoms with Crippen LogP contribution in [0, 0.1) is 0 Å². The second kappa shape index (κ2) is 4.17. The summed E-state index contributed by atoms with van der Waals surface area (Å²) in [4.78, 5) is 11.5. The van der Waals surface area contributed by atoms with E-state index in [9.17, 15) is 4.79 Å². The van der Waals surface area contributed by atoms with Gasteiger partial charge in [0.15, 0.2) is 0 Å². The van der Waals surface area contributed by atoms with Gasteiger partial charge in [0, 0.05) is 5.69 Å². The summed E-state index contributed by atoms with van der Waals surface area (Å²) in [6, 6.07) is 7.49. The summed E-state index contributed by atoms with van der Waals surface area (Å²) in [7, 11) is 0. The number of hydrogen-bond donors (Lipinski definition) is 1. The minimum absolute atomic E-state index is 0.233. The molecule has 0 saturated heterocycles. The number of esters is 1. The first-order valence-corrected chi connectivity index (χ1v) is 5.01. The number of anilines is 1. The molecule has 0 spiro atoms. The topological polar surface area (TPSA) is 38.3 Å². The molecule has 78 valence electrons. The summed E-state index contributed by atoms with van der Waals surface area (Å²) >= 11 is 0. The maximum absolute atomic E-state index is 11.5. The SMILES string of the molecule is CCOC(=O)C1C=Cc2ccccc2N1.